The zero-order valence-corrected chi connectivity index (χ0v) is 16.8. The fraction of sp³-hybridized carbons (Fsp3) is 0.111. The van der Waals surface area contributed by atoms with Crippen molar-refractivity contribution in [2.24, 2.45) is 7.05 Å². The van der Waals surface area contributed by atoms with Crippen LogP contribution in [-0.2, 0) is 21.9 Å². The molecule has 7 nitrogen and oxygen atoms in total. The van der Waals surface area contributed by atoms with Crippen molar-refractivity contribution < 1.29 is 18.3 Å². The molecule has 0 aliphatic carbocycles. The first kappa shape index (κ1) is 19.1. The quantitative estimate of drug-likeness (QED) is 0.616. The molecule has 3 rings (SSSR count). The summed E-state index contributed by atoms with van der Waals surface area (Å²) < 4.78 is 29.2. The summed E-state index contributed by atoms with van der Waals surface area (Å²) >= 11 is 3.33. The van der Waals surface area contributed by atoms with Crippen LogP contribution in [-0.4, -0.2) is 28.0 Å². The third kappa shape index (κ3) is 3.35. The fourth-order valence-corrected chi connectivity index (χ4v) is 4.82. The fourth-order valence-electron chi connectivity index (χ4n) is 2.71. The van der Waals surface area contributed by atoms with E-state index in [4.69, 9.17) is 5.11 Å². The second kappa shape index (κ2) is 6.82. The molecule has 1 N–H and O–H groups in total. The zero-order chi connectivity index (χ0) is 19.9. The molecule has 140 valence electrons. The molecule has 0 saturated carbocycles. The minimum absolute atomic E-state index is 0.00222. The van der Waals surface area contributed by atoms with E-state index in [1.807, 2.05) is 6.92 Å². The van der Waals surface area contributed by atoms with Crippen LogP contribution < -0.4 is 5.56 Å². The van der Waals surface area contributed by atoms with E-state index < -0.39 is 21.6 Å². The second-order valence-electron chi connectivity index (χ2n) is 5.98. The Morgan fingerprint density at radius 1 is 1.22 bits per heavy atom. The van der Waals surface area contributed by atoms with Gasteiger partial charge in [0, 0.05) is 29.2 Å². The normalized spacial score (nSPS) is 12.1. The number of hydrogen-bond acceptors (Lipinski definition) is 4. The first-order valence-electron chi connectivity index (χ1n) is 7.77. The van der Waals surface area contributed by atoms with Crippen LogP contribution in [0, 0.1) is 6.92 Å². The molecule has 0 spiro atoms. The van der Waals surface area contributed by atoms with Gasteiger partial charge in [-0.25, -0.2) is 17.2 Å². The standard InChI is InChI=1S/C18H15BrN2O5S/c1-11-3-6-13(7-4-11)27(25,26)21-12(5-8-16(22)23)9-14-15(19)10-20(2)18(24)17(14)21/h3-10H,1-2H3,(H,22,23)/b8-5+. The number of pyridine rings is 1. The molecule has 0 aliphatic rings. The van der Waals surface area contributed by atoms with E-state index in [2.05, 4.69) is 15.9 Å². The van der Waals surface area contributed by atoms with E-state index >= 15 is 0 Å². The summed E-state index contributed by atoms with van der Waals surface area (Å²) in [5.41, 5.74) is 0.379. The summed E-state index contributed by atoms with van der Waals surface area (Å²) in [6.07, 6.45) is 3.51. The Balaban J connectivity index is 2.45. The van der Waals surface area contributed by atoms with Crippen LogP contribution in [0.3, 0.4) is 0 Å². The lowest BCUT2D eigenvalue weighted by molar-refractivity contribution is -0.131. The van der Waals surface area contributed by atoms with Crippen molar-refractivity contribution in [3.8, 4) is 0 Å². The van der Waals surface area contributed by atoms with Gasteiger partial charge in [-0.2, -0.15) is 0 Å². The van der Waals surface area contributed by atoms with Crippen LogP contribution in [0.1, 0.15) is 11.3 Å². The summed E-state index contributed by atoms with van der Waals surface area (Å²) in [7, 11) is -2.63. The molecular formula is C18H15BrN2O5S. The van der Waals surface area contributed by atoms with Gasteiger partial charge in [0.05, 0.1) is 10.6 Å². The van der Waals surface area contributed by atoms with E-state index in [0.717, 1.165) is 21.7 Å². The molecule has 0 amide bonds. The average Bonchev–Trinajstić information content (AvgIpc) is 2.99. The number of rotatable bonds is 4. The SMILES string of the molecule is Cc1ccc(S(=O)(=O)n2c(/C=C/C(=O)O)cc3c(Br)cn(C)c(=O)c32)cc1. The van der Waals surface area contributed by atoms with Crippen molar-refractivity contribution in [2.45, 2.75) is 11.8 Å². The zero-order valence-electron chi connectivity index (χ0n) is 14.4. The van der Waals surface area contributed by atoms with Crippen LogP contribution in [0.25, 0.3) is 17.0 Å². The highest BCUT2D eigenvalue weighted by Gasteiger charge is 2.25. The smallest absolute Gasteiger partial charge is 0.328 e. The molecule has 0 saturated heterocycles. The lowest BCUT2D eigenvalue weighted by atomic mass is 10.2. The summed E-state index contributed by atoms with van der Waals surface area (Å²) in [6.45, 7) is 1.83. The maximum atomic E-state index is 13.3. The highest BCUT2D eigenvalue weighted by atomic mass is 79.9. The van der Waals surface area contributed by atoms with E-state index in [9.17, 15) is 18.0 Å². The molecule has 0 atom stereocenters. The molecular weight excluding hydrogens is 436 g/mol. The number of benzene rings is 1. The van der Waals surface area contributed by atoms with E-state index in [-0.39, 0.29) is 16.1 Å². The second-order valence-corrected chi connectivity index (χ2v) is 8.62. The van der Waals surface area contributed by atoms with Gasteiger partial charge >= 0.3 is 5.97 Å². The molecule has 27 heavy (non-hydrogen) atoms. The van der Waals surface area contributed by atoms with Gasteiger partial charge in [0.25, 0.3) is 15.6 Å². The van der Waals surface area contributed by atoms with Gasteiger partial charge in [-0.1, -0.05) is 17.7 Å². The molecule has 2 heterocycles. The van der Waals surface area contributed by atoms with Gasteiger partial charge in [-0.15, -0.1) is 0 Å². The van der Waals surface area contributed by atoms with E-state index in [1.165, 1.54) is 36.0 Å². The Morgan fingerprint density at radius 2 is 1.85 bits per heavy atom. The number of nitrogens with zero attached hydrogens (tertiary/aromatic N) is 2. The Hall–Kier alpha value is -2.65. The number of fused-ring (bicyclic) bond motifs is 1. The van der Waals surface area contributed by atoms with Crippen molar-refractivity contribution in [2.75, 3.05) is 0 Å². The van der Waals surface area contributed by atoms with Crippen molar-refractivity contribution in [1.82, 2.24) is 8.54 Å². The summed E-state index contributed by atoms with van der Waals surface area (Å²) in [4.78, 5) is 23.6. The van der Waals surface area contributed by atoms with Crippen molar-refractivity contribution in [1.29, 1.82) is 0 Å². The molecule has 0 unspecified atom stereocenters. The van der Waals surface area contributed by atoms with Crippen LogP contribution in [0.4, 0.5) is 0 Å². The molecule has 0 radical (unpaired) electrons. The number of carbonyl (C=O) groups is 1. The molecule has 3 aromatic rings. The average molecular weight is 451 g/mol. The number of halogens is 1. The Bertz CT molecular complexity index is 1250. The first-order valence-corrected chi connectivity index (χ1v) is 10.00. The van der Waals surface area contributed by atoms with Gasteiger partial charge in [0.15, 0.2) is 0 Å². The van der Waals surface area contributed by atoms with Crippen molar-refractivity contribution >= 4 is 48.9 Å². The lowest BCUT2D eigenvalue weighted by Crippen LogP contribution is -2.23. The number of aromatic nitrogens is 2. The van der Waals surface area contributed by atoms with Gasteiger partial charge in [0.2, 0.25) is 0 Å². The maximum absolute atomic E-state index is 13.3. The predicted octanol–water partition coefficient (Wildman–Crippen LogP) is 2.75. The lowest BCUT2D eigenvalue weighted by Gasteiger charge is -2.11. The van der Waals surface area contributed by atoms with E-state index in [1.54, 1.807) is 12.1 Å². The number of carboxylic acids is 1. The van der Waals surface area contributed by atoms with Gasteiger partial charge in [0.1, 0.15) is 5.52 Å². The predicted molar refractivity (Wildman–Crippen MR) is 105 cm³/mol. The largest absolute Gasteiger partial charge is 0.478 e. The Morgan fingerprint density at radius 3 is 2.44 bits per heavy atom. The third-order valence-electron chi connectivity index (χ3n) is 4.03. The van der Waals surface area contributed by atoms with Crippen molar-refractivity contribution in [3.05, 3.63) is 68.7 Å². The first-order chi connectivity index (χ1) is 12.6. The third-order valence-corrected chi connectivity index (χ3v) is 6.40. The van der Waals surface area contributed by atoms with Crippen LogP contribution >= 0.6 is 15.9 Å². The number of aliphatic carboxylic acids is 1. The molecule has 0 bridgehead atoms. The molecule has 0 aliphatic heterocycles. The van der Waals surface area contributed by atoms with Crippen LogP contribution in [0.5, 0.6) is 0 Å². The minimum atomic E-state index is -4.14. The van der Waals surface area contributed by atoms with Gasteiger partial charge in [-0.3, -0.25) is 4.79 Å². The van der Waals surface area contributed by atoms with Crippen LogP contribution in [0.2, 0.25) is 0 Å². The number of hydrogen-bond donors (Lipinski definition) is 1. The van der Waals surface area contributed by atoms with Crippen LogP contribution in [0.15, 0.2) is 56.8 Å². The highest BCUT2D eigenvalue weighted by molar-refractivity contribution is 9.10. The summed E-state index contributed by atoms with van der Waals surface area (Å²) in [5, 5.41) is 9.30. The van der Waals surface area contributed by atoms with Gasteiger partial charge < -0.3 is 9.67 Å². The maximum Gasteiger partial charge on any atom is 0.328 e. The summed E-state index contributed by atoms with van der Waals surface area (Å²) in [6, 6.07) is 7.66. The summed E-state index contributed by atoms with van der Waals surface area (Å²) in [5.74, 6) is -1.23. The number of carboxylic acid groups (broad SMARTS) is 1. The minimum Gasteiger partial charge on any atom is -0.478 e. The number of aryl methyl sites for hydroxylation is 2. The Labute approximate surface area is 163 Å². The van der Waals surface area contributed by atoms with E-state index in [0.29, 0.717) is 9.86 Å². The topological polar surface area (TPSA) is 98.4 Å². The molecule has 2 aromatic heterocycles. The molecule has 1 aromatic carbocycles. The highest BCUT2D eigenvalue weighted by Crippen LogP contribution is 2.29. The Kier molecular flexibility index (Phi) is 4.83. The van der Waals surface area contributed by atoms with Crippen molar-refractivity contribution in [3.63, 3.8) is 0 Å². The monoisotopic (exact) mass is 450 g/mol. The molecule has 0 fully saturated rings. The van der Waals surface area contributed by atoms with Gasteiger partial charge in [-0.05, 0) is 47.1 Å². The molecule has 9 heteroatoms.